The Morgan fingerprint density at radius 1 is 1.26 bits per heavy atom. The summed E-state index contributed by atoms with van der Waals surface area (Å²) in [5, 5.41) is 5.03. The maximum absolute atomic E-state index is 12.6. The molecule has 27 heavy (non-hydrogen) atoms. The van der Waals surface area contributed by atoms with Gasteiger partial charge in [0.25, 0.3) is 0 Å². The fourth-order valence-electron chi connectivity index (χ4n) is 3.10. The second-order valence-electron chi connectivity index (χ2n) is 6.25. The van der Waals surface area contributed by atoms with E-state index >= 15 is 0 Å². The van der Waals surface area contributed by atoms with Gasteiger partial charge in [-0.15, -0.1) is 0 Å². The number of anilines is 1. The van der Waals surface area contributed by atoms with E-state index in [9.17, 15) is 9.59 Å². The van der Waals surface area contributed by atoms with Crippen LogP contribution in [0.5, 0.6) is 5.75 Å². The molecule has 0 radical (unpaired) electrons. The van der Waals surface area contributed by atoms with Crippen LogP contribution in [0.2, 0.25) is 10.0 Å². The number of nitrogens with zero attached hydrogens (tertiary/aromatic N) is 4. The number of aryl methyl sites for hydroxylation is 1. The van der Waals surface area contributed by atoms with Crippen molar-refractivity contribution >= 4 is 41.1 Å². The van der Waals surface area contributed by atoms with Gasteiger partial charge in [0, 0.05) is 37.9 Å². The SMILES string of the molecule is COc1cc(N2CCN(C(=O)Cn3nc(C)c(Cl)c3C=O)CC2)ccc1Cl. The summed E-state index contributed by atoms with van der Waals surface area (Å²) in [5.41, 5.74) is 1.77. The maximum Gasteiger partial charge on any atom is 0.244 e. The summed E-state index contributed by atoms with van der Waals surface area (Å²) in [6, 6.07) is 5.63. The van der Waals surface area contributed by atoms with Crippen LogP contribution in [0.25, 0.3) is 0 Å². The molecule has 1 aromatic carbocycles. The Bertz CT molecular complexity index is 861. The third kappa shape index (κ3) is 4.04. The van der Waals surface area contributed by atoms with Crippen molar-refractivity contribution in [3.05, 3.63) is 39.6 Å². The van der Waals surface area contributed by atoms with E-state index in [1.54, 1.807) is 25.0 Å². The first-order chi connectivity index (χ1) is 12.9. The number of ether oxygens (including phenoxy) is 1. The van der Waals surface area contributed by atoms with Gasteiger partial charge in [-0.05, 0) is 19.1 Å². The van der Waals surface area contributed by atoms with E-state index in [1.807, 2.05) is 12.1 Å². The highest BCUT2D eigenvalue weighted by atomic mass is 35.5. The molecule has 0 N–H and O–H groups in total. The van der Waals surface area contributed by atoms with Crippen molar-refractivity contribution in [1.29, 1.82) is 0 Å². The summed E-state index contributed by atoms with van der Waals surface area (Å²) in [7, 11) is 1.58. The normalized spacial score (nSPS) is 14.4. The summed E-state index contributed by atoms with van der Waals surface area (Å²) in [5.74, 6) is 0.533. The van der Waals surface area contributed by atoms with Gasteiger partial charge in [-0.1, -0.05) is 23.2 Å². The Morgan fingerprint density at radius 2 is 1.96 bits per heavy atom. The molecule has 1 aromatic heterocycles. The summed E-state index contributed by atoms with van der Waals surface area (Å²) in [6.45, 7) is 4.24. The molecule has 3 rings (SSSR count). The summed E-state index contributed by atoms with van der Waals surface area (Å²) in [4.78, 5) is 27.7. The smallest absolute Gasteiger partial charge is 0.244 e. The maximum atomic E-state index is 12.6. The quantitative estimate of drug-likeness (QED) is 0.708. The van der Waals surface area contributed by atoms with Crippen molar-refractivity contribution < 1.29 is 14.3 Å². The number of carbonyl (C=O) groups is 2. The number of piperazine rings is 1. The number of methoxy groups -OCH3 is 1. The lowest BCUT2D eigenvalue weighted by Gasteiger charge is -2.36. The summed E-state index contributed by atoms with van der Waals surface area (Å²) in [6.07, 6.45) is 0.626. The number of aldehydes is 1. The van der Waals surface area contributed by atoms with Gasteiger partial charge in [-0.3, -0.25) is 14.3 Å². The van der Waals surface area contributed by atoms with Gasteiger partial charge in [0.05, 0.1) is 22.8 Å². The van der Waals surface area contributed by atoms with E-state index in [1.165, 1.54) is 4.68 Å². The number of aromatic nitrogens is 2. The Hall–Kier alpha value is -2.25. The monoisotopic (exact) mass is 410 g/mol. The van der Waals surface area contributed by atoms with Crippen molar-refractivity contribution in [1.82, 2.24) is 14.7 Å². The Labute approximate surface area is 167 Å². The van der Waals surface area contributed by atoms with Crippen molar-refractivity contribution in [2.75, 3.05) is 38.2 Å². The molecule has 1 aliphatic heterocycles. The Balaban J connectivity index is 1.63. The molecule has 1 aliphatic rings. The molecule has 7 nitrogen and oxygen atoms in total. The van der Waals surface area contributed by atoms with Crippen molar-refractivity contribution in [3.63, 3.8) is 0 Å². The molecule has 2 heterocycles. The molecule has 0 spiro atoms. The first kappa shape index (κ1) is 19.5. The van der Waals surface area contributed by atoms with Crippen LogP contribution < -0.4 is 9.64 Å². The summed E-state index contributed by atoms with van der Waals surface area (Å²) < 4.78 is 6.63. The van der Waals surface area contributed by atoms with Gasteiger partial charge in [0.2, 0.25) is 5.91 Å². The molecule has 9 heteroatoms. The van der Waals surface area contributed by atoms with Gasteiger partial charge in [-0.2, -0.15) is 5.10 Å². The minimum atomic E-state index is -0.0920. The third-order valence-corrected chi connectivity index (χ3v) is 5.40. The van der Waals surface area contributed by atoms with Gasteiger partial charge in [0.1, 0.15) is 18.0 Å². The van der Waals surface area contributed by atoms with Crippen LogP contribution in [0, 0.1) is 6.92 Å². The number of benzene rings is 1. The Kier molecular flexibility index (Phi) is 5.92. The predicted octanol–water partition coefficient (Wildman–Crippen LogP) is 2.67. The largest absolute Gasteiger partial charge is 0.495 e. The third-order valence-electron chi connectivity index (χ3n) is 4.62. The molecule has 2 aromatic rings. The average Bonchev–Trinajstić information content (AvgIpc) is 2.95. The first-order valence-corrected chi connectivity index (χ1v) is 9.24. The lowest BCUT2D eigenvalue weighted by atomic mass is 10.2. The number of hydrogen-bond acceptors (Lipinski definition) is 5. The number of halogens is 2. The first-order valence-electron chi connectivity index (χ1n) is 8.49. The average molecular weight is 411 g/mol. The highest BCUT2D eigenvalue weighted by molar-refractivity contribution is 6.33. The molecule has 1 fully saturated rings. The van der Waals surface area contributed by atoms with Gasteiger partial charge < -0.3 is 14.5 Å². The molecule has 0 aliphatic carbocycles. The number of amides is 1. The van der Waals surface area contributed by atoms with E-state index in [2.05, 4.69) is 10.00 Å². The van der Waals surface area contributed by atoms with Crippen LogP contribution in [0.1, 0.15) is 16.2 Å². The van der Waals surface area contributed by atoms with Gasteiger partial charge in [0.15, 0.2) is 6.29 Å². The van der Waals surface area contributed by atoms with E-state index in [0.29, 0.717) is 54.0 Å². The molecule has 1 amide bonds. The Morgan fingerprint density at radius 3 is 2.59 bits per heavy atom. The zero-order chi connectivity index (χ0) is 19.6. The van der Waals surface area contributed by atoms with Gasteiger partial charge >= 0.3 is 0 Å². The minimum absolute atomic E-state index is 0.00357. The summed E-state index contributed by atoms with van der Waals surface area (Å²) >= 11 is 12.1. The molecule has 0 bridgehead atoms. The molecular formula is C18H20Cl2N4O3. The second-order valence-corrected chi connectivity index (χ2v) is 7.03. The molecular weight excluding hydrogens is 391 g/mol. The van der Waals surface area contributed by atoms with Crippen LogP contribution in [0.4, 0.5) is 5.69 Å². The van der Waals surface area contributed by atoms with Crippen molar-refractivity contribution in [3.8, 4) is 5.75 Å². The lowest BCUT2D eigenvalue weighted by molar-refractivity contribution is -0.132. The van der Waals surface area contributed by atoms with Crippen molar-refractivity contribution in [2.24, 2.45) is 0 Å². The standard InChI is InChI=1S/C18H20Cl2N4O3/c1-12-18(20)15(11-25)24(21-12)10-17(26)23-7-5-22(6-8-23)13-3-4-14(19)16(9-13)27-2/h3-4,9,11H,5-8,10H2,1-2H3. The lowest BCUT2D eigenvalue weighted by Crippen LogP contribution is -2.49. The highest BCUT2D eigenvalue weighted by Crippen LogP contribution is 2.29. The molecule has 1 saturated heterocycles. The van der Waals surface area contributed by atoms with E-state index in [-0.39, 0.29) is 18.1 Å². The molecule has 0 atom stereocenters. The predicted molar refractivity (Wildman–Crippen MR) is 104 cm³/mol. The van der Waals surface area contributed by atoms with Crippen LogP contribution in [-0.4, -0.2) is 60.2 Å². The molecule has 0 unspecified atom stereocenters. The number of rotatable bonds is 5. The van der Waals surface area contributed by atoms with Crippen LogP contribution in [-0.2, 0) is 11.3 Å². The highest BCUT2D eigenvalue weighted by Gasteiger charge is 2.24. The zero-order valence-corrected chi connectivity index (χ0v) is 16.6. The molecule has 144 valence electrons. The topological polar surface area (TPSA) is 67.7 Å². The van der Waals surface area contributed by atoms with Crippen LogP contribution >= 0.6 is 23.2 Å². The van der Waals surface area contributed by atoms with Gasteiger partial charge in [-0.25, -0.2) is 0 Å². The molecule has 0 saturated carbocycles. The minimum Gasteiger partial charge on any atom is -0.495 e. The fraction of sp³-hybridized carbons (Fsp3) is 0.389. The van der Waals surface area contributed by atoms with Crippen LogP contribution in [0.3, 0.4) is 0 Å². The number of hydrogen-bond donors (Lipinski definition) is 0. The second kappa shape index (κ2) is 8.19. The van der Waals surface area contributed by atoms with E-state index in [0.717, 1.165) is 5.69 Å². The zero-order valence-electron chi connectivity index (χ0n) is 15.1. The van der Waals surface area contributed by atoms with Crippen molar-refractivity contribution in [2.45, 2.75) is 13.5 Å². The van der Waals surface area contributed by atoms with E-state index in [4.69, 9.17) is 27.9 Å². The van der Waals surface area contributed by atoms with Crippen LogP contribution in [0.15, 0.2) is 18.2 Å². The number of carbonyl (C=O) groups excluding carboxylic acids is 2. The fourth-order valence-corrected chi connectivity index (χ4v) is 3.47. The van der Waals surface area contributed by atoms with E-state index < -0.39 is 0 Å².